The number of ether oxygens (including phenoxy) is 3. The third kappa shape index (κ3) is 4.19. The van der Waals surface area contributed by atoms with E-state index in [1.54, 1.807) is 19.2 Å². The number of fused-ring (bicyclic) bond motifs is 1. The van der Waals surface area contributed by atoms with Crippen LogP contribution in [0.1, 0.15) is 6.42 Å². The Morgan fingerprint density at radius 3 is 2.37 bits per heavy atom. The Balaban J connectivity index is 1.71. The average Bonchev–Trinajstić information content (AvgIpc) is 3.07. The molecule has 1 amide bonds. The number of benzene rings is 2. The van der Waals surface area contributed by atoms with E-state index < -0.39 is 0 Å². The van der Waals surface area contributed by atoms with Crippen LogP contribution in [-0.4, -0.2) is 31.8 Å². The van der Waals surface area contributed by atoms with Crippen LogP contribution in [0.15, 0.2) is 47.1 Å². The molecule has 0 saturated heterocycles. The van der Waals surface area contributed by atoms with Crippen molar-refractivity contribution < 1.29 is 19.0 Å². The molecule has 3 rings (SSSR count). The van der Waals surface area contributed by atoms with Crippen molar-refractivity contribution >= 4 is 38.4 Å². The zero-order valence-electron chi connectivity index (χ0n) is 15.4. The van der Waals surface area contributed by atoms with Gasteiger partial charge in [-0.2, -0.15) is 0 Å². The Morgan fingerprint density at radius 2 is 1.74 bits per heavy atom. The Hall–Kier alpha value is -2.67. The average molecular weight is 433 g/mol. The van der Waals surface area contributed by atoms with Gasteiger partial charge < -0.3 is 24.1 Å². The molecule has 0 aliphatic heterocycles. The molecular weight excluding hydrogens is 412 g/mol. The molecule has 0 saturated carbocycles. The monoisotopic (exact) mass is 432 g/mol. The molecule has 27 heavy (non-hydrogen) atoms. The molecule has 0 bridgehead atoms. The number of carbonyl (C=O) groups is 1. The molecule has 0 radical (unpaired) electrons. The SMILES string of the molecule is COc1cc(NC(=O)CCn2ccc3ccc(Br)cc32)cc(OC)c1OC. The summed E-state index contributed by atoms with van der Waals surface area (Å²) in [6.07, 6.45) is 2.33. The lowest BCUT2D eigenvalue weighted by atomic mass is 10.2. The van der Waals surface area contributed by atoms with Crippen molar-refractivity contribution in [2.45, 2.75) is 13.0 Å². The summed E-state index contributed by atoms with van der Waals surface area (Å²) in [7, 11) is 4.62. The summed E-state index contributed by atoms with van der Waals surface area (Å²) in [5, 5.41) is 4.03. The first-order valence-electron chi connectivity index (χ1n) is 8.40. The van der Waals surface area contributed by atoms with Crippen LogP contribution in [0, 0.1) is 0 Å². The van der Waals surface area contributed by atoms with Crippen LogP contribution >= 0.6 is 15.9 Å². The lowest BCUT2D eigenvalue weighted by molar-refractivity contribution is -0.116. The zero-order valence-corrected chi connectivity index (χ0v) is 17.0. The van der Waals surface area contributed by atoms with E-state index in [-0.39, 0.29) is 5.91 Å². The first-order chi connectivity index (χ1) is 13.0. The van der Waals surface area contributed by atoms with Crippen molar-refractivity contribution in [3.05, 3.63) is 47.1 Å². The predicted molar refractivity (Wildman–Crippen MR) is 109 cm³/mol. The molecule has 0 atom stereocenters. The number of rotatable bonds is 7. The van der Waals surface area contributed by atoms with Gasteiger partial charge in [0, 0.05) is 47.0 Å². The van der Waals surface area contributed by atoms with E-state index in [9.17, 15) is 4.79 Å². The van der Waals surface area contributed by atoms with E-state index in [1.807, 2.05) is 30.5 Å². The standard InChI is InChI=1S/C20H21BrN2O4/c1-25-17-11-15(12-18(26-2)20(17)27-3)22-19(24)7-9-23-8-6-13-4-5-14(21)10-16(13)23/h4-6,8,10-12H,7,9H2,1-3H3,(H,22,24). The van der Waals surface area contributed by atoms with Gasteiger partial charge in [-0.25, -0.2) is 0 Å². The summed E-state index contributed by atoms with van der Waals surface area (Å²) < 4.78 is 19.0. The number of aromatic nitrogens is 1. The Bertz CT molecular complexity index is 943. The Kier molecular flexibility index (Phi) is 5.91. The van der Waals surface area contributed by atoms with Crippen LogP contribution in [0.5, 0.6) is 17.2 Å². The number of carbonyl (C=O) groups excluding carboxylic acids is 1. The van der Waals surface area contributed by atoms with Crippen LogP contribution in [0.3, 0.4) is 0 Å². The number of methoxy groups -OCH3 is 3. The number of hydrogen-bond donors (Lipinski definition) is 1. The maximum absolute atomic E-state index is 12.4. The van der Waals surface area contributed by atoms with Crippen LogP contribution in [0.4, 0.5) is 5.69 Å². The van der Waals surface area contributed by atoms with E-state index in [2.05, 4.69) is 25.8 Å². The van der Waals surface area contributed by atoms with E-state index in [0.717, 1.165) is 15.4 Å². The number of halogens is 1. The minimum absolute atomic E-state index is 0.0962. The van der Waals surface area contributed by atoms with Crippen molar-refractivity contribution in [3.8, 4) is 17.2 Å². The lowest BCUT2D eigenvalue weighted by Gasteiger charge is -2.14. The summed E-state index contributed by atoms with van der Waals surface area (Å²) in [6, 6.07) is 11.6. The number of aryl methyl sites for hydroxylation is 1. The van der Waals surface area contributed by atoms with Crippen LogP contribution in [0.25, 0.3) is 10.9 Å². The van der Waals surface area contributed by atoms with Gasteiger partial charge in [0.1, 0.15) is 0 Å². The molecule has 1 N–H and O–H groups in total. The van der Waals surface area contributed by atoms with Gasteiger partial charge in [-0.1, -0.05) is 22.0 Å². The fourth-order valence-electron chi connectivity index (χ4n) is 2.95. The molecule has 0 aliphatic carbocycles. The van der Waals surface area contributed by atoms with Crippen molar-refractivity contribution in [1.82, 2.24) is 4.57 Å². The van der Waals surface area contributed by atoms with E-state index in [4.69, 9.17) is 14.2 Å². The zero-order chi connectivity index (χ0) is 19.4. The fourth-order valence-corrected chi connectivity index (χ4v) is 3.30. The van der Waals surface area contributed by atoms with Crippen LogP contribution < -0.4 is 19.5 Å². The number of hydrogen-bond acceptors (Lipinski definition) is 4. The topological polar surface area (TPSA) is 61.7 Å². The summed E-state index contributed by atoms with van der Waals surface area (Å²) in [4.78, 5) is 12.4. The summed E-state index contributed by atoms with van der Waals surface area (Å²) in [6.45, 7) is 0.580. The highest BCUT2D eigenvalue weighted by Gasteiger charge is 2.14. The Morgan fingerprint density at radius 1 is 1.04 bits per heavy atom. The van der Waals surface area contributed by atoms with Gasteiger partial charge in [-0.05, 0) is 23.6 Å². The summed E-state index contributed by atoms with van der Waals surface area (Å²) >= 11 is 3.49. The molecular formula is C20H21BrN2O4. The second-order valence-corrected chi connectivity index (χ2v) is 6.84. The maximum Gasteiger partial charge on any atom is 0.226 e. The highest BCUT2D eigenvalue weighted by Crippen LogP contribution is 2.39. The van der Waals surface area contributed by atoms with Gasteiger partial charge in [-0.15, -0.1) is 0 Å². The fraction of sp³-hybridized carbons (Fsp3) is 0.250. The van der Waals surface area contributed by atoms with Crippen molar-refractivity contribution in [2.24, 2.45) is 0 Å². The smallest absolute Gasteiger partial charge is 0.226 e. The van der Waals surface area contributed by atoms with Gasteiger partial charge in [0.25, 0.3) is 0 Å². The number of nitrogens with zero attached hydrogens (tertiary/aromatic N) is 1. The molecule has 142 valence electrons. The minimum Gasteiger partial charge on any atom is -0.493 e. The molecule has 6 nitrogen and oxygen atoms in total. The van der Waals surface area contributed by atoms with Gasteiger partial charge >= 0.3 is 0 Å². The quantitative estimate of drug-likeness (QED) is 0.598. The van der Waals surface area contributed by atoms with Crippen LogP contribution in [-0.2, 0) is 11.3 Å². The molecule has 0 unspecified atom stereocenters. The van der Waals surface area contributed by atoms with Gasteiger partial charge in [0.05, 0.1) is 21.3 Å². The third-order valence-corrected chi connectivity index (χ3v) is 4.76. The highest BCUT2D eigenvalue weighted by atomic mass is 79.9. The molecule has 0 fully saturated rings. The van der Waals surface area contributed by atoms with E-state index in [0.29, 0.717) is 35.9 Å². The van der Waals surface area contributed by atoms with E-state index in [1.165, 1.54) is 14.2 Å². The lowest BCUT2D eigenvalue weighted by Crippen LogP contribution is -2.14. The van der Waals surface area contributed by atoms with E-state index >= 15 is 0 Å². The minimum atomic E-state index is -0.0962. The number of nitrogens with one attached hydrogen (secondary N) is 1. The molecule has 2 aromatic carbocycles. The van der Waals surface area contributed by atoms with Gasteiger partial charge in [0.15, 0.2) is 11.5 Å². The Labute approximate surface area is 166 Å². The molecule has 1 heterocycles. The molecule has 0 spiro atoms. The van der Waals surface area contributed by atoms with Crippen LogP contribution in [0.2, 0.25) is 0 Å². The van der Waals surface area contributed by atoms with Gasteiger partial charge in [0.2, 0.25) is 11.7 Å². The summed E-state index contributed by atoms with van der Waals surface area (Å²) in [5.41, 5.74) is 1.68. The largest absolute Gasteiger partial charge is 0.493 e. The maximum atomic E-state index is 12.4. The highest BCUT2D eigenvalue weighted by molar-refractivity contribution is 9.10. The molecule has 0 aliphatic rings. The van der Waals surface area contributed by atoms with Crippen molar-refractivity contribution in [1.29, 1.82) is 0 Å². The van der Waals surface area contributed by atoms with Crippen molar-refractivity contribution in [2.75, 3.05) is 26.6 Å². The third-order valence-electron chi connectivity index (χ3n) is 4.26. The normalized spacial score (nSPS) is 10.7. The second-order valence-electron chi connectivity index (χ2n) is 5.92. The van der Waals surface area contributed by atoms with Crippen molar-refractivity contribution in [3.63, 3.8) is 0 Å². The predicted octanol–water partition coefficient (Wildman–Crippen LogP) is 4.46. The molecule has 1 aromatic heterocycles. The number of amides is 1. The molecule has 7 heteroatoms. The first kappa shape index (κ1) is 19.1. The second kappa shape index (κ2) is 8.35. The number of anilines is 1. The summed E-state index contributed by atoms with van der Waals surface area (Å²) in [5.74, 6) is 1.38. The molecule has 3 aromatic rings. The first-order valence-corrected chi connectivity index (χ1v) is 9.19. The van der Waals surface area contributed by atoms with Gasteiger partial charge in [-0.3, -0.25) is 4.79 Å².